The third-order valence-corrected chi connectivity index (χ3v) is 5.02. The van der Waals surface area contributed by atoms with E-state index < -0.39 is 12.1 Å². The molecular formula is C21H21N3O4S. The second-order valence-electron chi connectivity index (χ2n) is 6.37. The molecule has 150 valence electrons. The van der Waals surface area contributed by atoms with Crippen molar-refractivity contribution in [3.8, 4) is 0 Å². The summed E-state index contributed by atoms with van der Waals surface area (Å²) in [4.78, 5) is 27.3. The van der Waals surface area contributed by atoms with Gasteiger partial charge in [0.15, 0.2) is 5.13 Å². The molecule has 0 bridgehead atoms. The Kier molecular flexibility index (Phi) is 7.07. The molecular weight excluding hydrogens is 390 g/mol. The quantitative estimate of drug-likeness (QED) is 0.403. The number of rotatable bonds is 9. The van der Waals surface area contributed by atoms with E-state index in [-0.39, 0.29) is 11.5 Å². The summed E-state index contributed by atoms with van der Waals surface area (Å²) < 4.78 is 0. The van der Waals surface area contributed by atoms with Crippen LogP contribution in [-0.2, 0) is 6.42 Å². The summed E-state index contributed by atoms with van der Waals surface area (Å²) in [7, 11) is 0. The molecule has 0 spiro atoms. The zero-order valence-corrected chi connectivity index (χ0v) is 16.4. The van der Waals surface area contributed by atoms with Gasteiger partial charge in [-0.3, -0.25) is 10.1 Å². The molecule has 1 aromatic heterocycles. The van der Waals surface area contributed by atoms with Crippen molar-refractivity contribution in [2.24, 2.45) is 0 Å². The molecule has 29 heavy (non-hydrogen) atoms. The average molecular weight is 411 g/mol. The minimum atomic E-state index is -0.944. The molecule has 1 amide bonds. The van der Waals surface area contributed by atoms with Crippen LogP contribution in [0.5, 0.6) is 0 Å². The molecule has 7 nitrogen and oxygen atoms in total. The Morgan fingerprint density at radius 3 is 2.45 bits per heavy atom. The van der Waals surface area contributed by atoms with Crippen LogP contribution >= 0.6 is 11.3 Å². The largest absolute Gasteiger partial charge is 0.478 e. The number of aromatic carboxylic acids is 1. The predicted octanol–water partition coefficient (Wildman–Crippen LogP) is 2.96. The molecule has 3 aromatic rings. The lowest BCUT2D eigenvalue weighted by Crippen LogP contribution is -2.24. The highest BCUT2D eigenvalue weighted by Gasteiger charge is 2.14. The molecule has 2 aromatic carbocycles. The Labute approximate surface area is 172 Å². The number of thiazole rings is 1. The average Bonchev–Trinajstić information content (AvgIpc) is 3.20. The molecule has 0 radical (unpaired) electrons. The first-order valence-electron chi connectivity index (χ1n) is 9.06. The van der Waals surface area contributed by atoms with Gasteiger partial charge >= 0.3 is 5.97 Å². The molecule has 1 atom stereocenters. The van der Waals surface area contributed by atoms with Crippen molar-refractivity contribution >= 4 is 28.3 Å². The molecule has 1 unspecified atom stereocenters. The van der Waals surface area contributed by atoms with Crippen LogP contribution in [0.3, 0.4) is 0 Å². The highest BCUT2D eigenvalue weighted by molar-refractivity contribution is 7.14. The summed E-state index contributed by atoms with van der Waals surface area (Å²) in [6.07, 6.45) is -0.0785. The number of aromatic nitrogens is 1. The molecule has 8 heteroatoms. The van der Waals surface area contributed by atoms with Gasteiger partial charge in [0.25, 0.3) is 5.91 Å². The van der Waals surface area contributed by atoms with E-state index in [2.05, 4.69) is 15.6 Å². The van der Waals surface area contributed by atoms with Crippen molar-refractivity contribution in [1.29, 1.82) is 0 Å². The standard InChI is InChI=1S/C21H21N3O4S/c25-18(12-22-11-10-14-6-8-16(9-7-14)20(27)28)17-13-29-21(23-17)24-19(26)15-4-2-1-3-5-15/h1-9,13,18,22,25H,10-12H2,(H,27,28)(H,23,24,26). The highest BCUT2D eigenvalue weighted by atomic mass is 32.1. The number of anilines is 1. The van der Waals surface area contributed by atoms with E-state index >= 15 is 0 Å². The number of amides is 1. The Bertz CT molecular complexity index is 958. The van der Waals surface area contributed by atoms with Gasteiger partial charge in [0.2, 0.25) is 0 Å². The third-order valence-electron chi connectivity index (χ3n) is 4.25. The van der Waals surface area contributed by atoms with E-state index in [1.165, 1.54) is 11.3 Å². The van der Waals surface area contributed by atoms with Crippen LogP contribution in [0.1, 0.15) is 38.1 Å². The van der Waals surface area contributed by atoms with Crippen molar-refractivity contribution in [2.75, 3.05) is 18.4 Å². The van der Waals surface area contributed by atoms with Gasteiger partial charge in [0, 0.05) is 17.5 Å². The molecule has 3 rings (SSSR count). The monoisotopic (exact) mass is 411 g/mol. The van der Waals surface area contributed by atoms with E-state index in [9.17, 15) is 14.7 Å². The number of carbonyl (C=O) groups is 2. The Morgan fingerprint density at radius 1 is 1.03 bits per heavy atom. The molecule has 0 fully saturated rings. The van der Waals surface area contributed by atoms with Gasteiger partial charge in [-0.25, -0.2) is 9.78 Å². The summed E-state index contributed by atoms with van der Waals surface area (Å²) in [5.41, 5.74) is 2.31. The number of nitrogens with zero attached hydrogens (tertiary/aromatic N) is 1. The maximum Gasteiger partial charge on any atom is 0.335 e. The Hall–Kier alpha value is -3.07. The zero-order chi connectivity index (χ0) is 20.6. The second-order valence-corrected chi connectivity index (χ2v) is 7.23. The number of benzene rings is 2. The van der Waals surface area contributed by atoms with Crippen LogP contribution in [0.15, 0.2) is 60.0 Å². The molecule has 0 aliphatic heterocycles. The van der Waals surface area contributed by atoms with Crippen molar-refractivity contribution < 1.29 is 19.8 Å². The lowest BCUT2D eigenvalue weighted by atomic mass is 10.1. The summed E-state index contributed by atoms with van der Waals surface area (Å²) in [5, 5.41) is 27.2. The first-order chi connectivity index (χ1) is 14.0. The number of nitrogens with one attached hydrogen (secondary N) is 2. The SMILES string of the molecule is O=C(O)c1ccc(CCNCC(O)c2csc(NC(=O)c3ccccc3)n2)cc1. The van der Waals surface area contributed by atoms with Gasteiger partial charge in [-0.1, -0.05) is 30.3 Å². The lowest BCUT2D eigenvalue weighted by molar-refractivity contribution is 0.0696. The van der Waals surface area contributed by atoms with Crippen LogP contribution in [-0.4, -0.2) is 40.2 Å². The van der Waals surface area contributed by atoms with Crippen LogP contribution in [0.4, 0.5) is 5.13 Å². The molecule has 4 N–H and O–H groups in total. The molecule has 0 aliphatic carbocycles. The van der Waals surface area contributed by atoms with E-state index in [4.69, 9.17) is 5.11 Å². The van der Waals surface area contributed by atoms with Crippen molar-refractivity contribution in [2.45, 2.75) is 12.5 Å². The van der Waals surface area contributed by atoms with Gasteiger partial charge in [0.1, 0.15) is 6.10 Å². The number of aliphatic hydroxyl groups is 1. The summed E-state index contributed by atoms with van der Waals surface area (Å²) in [5.74, 6) is -1.19. The van der Waals surface area contributed by atoms with Crippen LogP contribution in [0.25, 0.3) is 0 Å². The van der Waals surface area contributed by atoms with Crippen molar-refractivity contribution in [3.63, 3.8) is 0 Å². The molecule has 0 saturated carbocycles. The van der Waals surface area contributed by atoms with Gasteiger partial charge in [0.05, 0.1) is 11.3 Å². The minimum absolute atomic E-state index is 0.243. The second kappa shape index (κ2) is 9.92. The minimum Gasteiger partial charge on any atom is -0.478 e. The maximum absolute atomic E-state index is 12.1. The van der Waals surface area contributed by atoms with Crippen molar-refractivity contribution in [1.82, 2.24) is 10.3 Å². The fraction of sp³-hybridized carbons (Fsp3) is 0.190. The number of hydrogen-bond acceptors (Lipinski definition) is 6. The van der Waals surface area contributed by atoms with Gasteiger partial charge < -0.3 is 15.5 Å². The highest BCUT2D eigenvalue weighted by Crippen LogP contribution is 2.21. The fourth-order valence-electron chi connectivity index (χ4n) is 2.65. The zero-order valence-electron chi connectivity index (χ0n) is 15.5. The molecule has 1 heterocycles. The van der Waals surface area contributed by atoms with E-state index in [0.29, 0.717) is 35.9 Å². The summed E-state index contributed by atoms with van der Waals surface area (Å²) >= 11 is 1.26. The fourth-order valence-corrected chi connectivity index (χ4v) is 3.40. The molecule has 0 saturated heterocycles. The van der Waals surface area contributed by atoms with Crippen molar-refractivity contribution in [3.05, 3.63) is 82.4 Å². The summed E-state index contributed by atoms with van der Waals surface area (Å²) in [6.45, 7) is 0.953. The Balaban J connectivity index is 1.43. The van der Waals surface area contributed by atoms with Crippen LogP contribution in [0.2, 0.25) is 0 Å². The Morgan fingerprint density at radius 2 is 1.76 bits per heavy atom. The number of aliphatic hydroxyl groups excluding tert-OH is 1. The van der Waals surface area contributed by atoms with E-state index in [1.807, 2.05) is 6.07 Å². The van der Waals surface area contributed by atoms with E-state index in [0.717, 1.165) is 5.56 Å². The van der Waals surface area contributed by atoms with Gasteiger partial charge in [-0.15, -0.1) is 11.3 Å². The smallest absolute Gasteiger partial charge is 0.335 e. The van der Waals surface area contributed by atoms with Crippen LogP contribution < -0.4 is 10.6 Å². The summed E-state index contributed by atoms with van der Waals surface area (Å²) in [6, 6.07) is 15.6. The first kappa shape index (κ1) is 20.7. The molecule has 0 aliphatic rings. The normalized spacial score (nSPS) is 11.8. The van der Waals surface area contributed by atoms with Gasteiger partial charge in [-0.05, 0) is 42.8 Å². The number of hydrogen-bond donors (Lipinski definition) is 4. The van der Waals surface area contributed by atoms with E-state index in [1.54, 1.807) is 53.9 Å². The number of carbonyl (C=O) groups excluding carboxylic acids is 1. The number of carboxylic acid groups (broad SMARTS) is 1. The first-order valence-corrected chi connectivity index (χ1v) is 9.94. The maximum atomic E-state index is 12.1. The van der Waals surface area contributed by atoms with Crippen LogP contribution in [0, 0.1) is 0 Å². The third kappa shape index (κ3) is 5.95. The van der Waals surface area contributed by atoms with Gasteiger partial charge in [-0.2, -0.15) is 0 Å². The predicted molar refractivity (Wildman–Crippen MR) is 111 cm³/mol. The lowest BCUT2D eigenvalue weighted by Gasteiger charge is -2.10. The number of carboxylic acids is 1. The topological polar surface area (TPSA) is 112 Å².